The SMILES string of the molecule is CCOC(=O)c1cc2cc(c1)-c1cc(cc(C(=O)OCC)c1)CN(S(=O)(=O)c1ccc(C)cc1)Cc1cc(C(=O)OCC)cc(c1)-c1cc(cc(C(=O)OCC)c1)CN(S(=O)(=O)c1ccc(C)cc1)C2. The maximum Gasteiger partial charge on any atom is 0.338 e. The van der Waals surface area contributed by atoms with Gasteiger partial charge in [-0.2, -0.15) is 8.61 Å². The molecule has 6 aromatic rings. The lowest BCUT2D eigenvalue weighted by atomic mass is 9.95. The Morgan fingerprint density at radius 2 is 0.614 bits per heavy atom. The maximum atomic E-state index is 14.9. The van der Waals surface area contributed by atoms with Gasteiger partial charge in [0.25, 0.3) is 0 Å². The summed E-state index contributed by atoms with van der Waals surface area (Å²) in [6.45, 7) is 9.28. The number of aryl methyl sites for hydroxylation is 2. The molecule has 14 nitrogen and oxygen atoms in total. The largest absolute Gasteiger partial charge is 0.462 e. The molecule has 7 rings (SSSR count). The number of hydrogen-bond acceptors (Lipinski definition) is 12. The first-order valence-electron chi connectivity index (χ1n) is 22.8. The van der Waals surface area contributed by atoms with E-state index >= 15 is 0 Å². The van der Waals surface area contributed by atoms with Crippen LogP contribution in [0.15, 0.2) is 131 Å². The molecule has 1 heterocycles. The van der Waals surface area contributed by atoms with Crippen LogP contribution in [0.2, 0.25) is 0 Å². The average Bonchev–Trinajstić information content (AvgIpc) is 3.33. The minimum atomic E-state index is -4.34. The van der Waals surface area contributed by atoms with Gasteiger partial charge >= 0.3 is 23.9 Å². The van der Waals surface area contributed by atoms with Crippen molar-refractivity contribution >= 4 is 43.9 Å². The highest BCUT2D eigenvalue weighted by Gasteiger charge is 2.30. The molecule has 1 aliphatic rings. The lowest BCUT2D eigenvalue weighted by molar-refractivity contribution is 0.0516. The van der Waals surface area contributed by atoms with Gasteiger partial charge in [-0.05, 0) is 183 Å². The Labute approximate surface area is 408 Å². The third kappa shape index (κ3) is 11.7. The third-order valence-corrected chi connectivity index (χ3v) is 15.0. The summed E-state index contributed by atoms with van der Waals surface area (Å²) in [5, 5.41) is 0. The summed E-state index contributed by atoms with van der Waals surface area (Å²) in [4.78, 5) is 54.5. The Morgan fingerprint density at radius 3 is 0.829 bits per heavy atom. The van der Waals surface area contributed by atoms with E-state index < -0.39 is 43.9 Å². The number of carbonyl (C=O) groups excluding carboxylic acids is 4. The zero-order valence-corrected chi connectivity index (χ0v) is 41.4. The van der Waals surface area contributed by atoms with Crippen LogP contribution in [0.25, 0.3) is 22.3 Å². The fourth-order valence-corrected chi connectivity index (χ4v) is 10.9. The van der Waals surface area contributed by atoms with E-state index in [1.165, 1.54) is 57.1 Å². The predicted molar refractivity (Wildman–Crippen MR) is 263 cm³/mol. The molecule has 0 spiro atoms. The predicted octanol–water partition coefficient (Wildman–Crippen LogP) is 9.44. The molecule has 1 aliphatic heterocycles. The molecule has 0 atom stereocenters. The van der Waals surface area contributed by atoms with Crippen LogP contribution >= 0.6 is 0 Å². The van der Waals surface area contributed by atoms with Crippen molar-refractivity contribution in [2.45, 2.75) is 77.5 Å². The van der Waals surface area contributed by atoms with Gasteiger partial charge in [-0.15, -0.1) is 0 Å². The third-order valence-electron chi connectivity index (χ3n) is 11.4. The molecule has 70 heavy (non-hydrogen) atoms. The number of ether oxygens (including phenoxy) is 4. The van der Waals surface area contributed by atoms with E-state index in [-0.39, 0.29) is 84.7 Å². The Kier molecular flexibility index (Phi) is 15.8. The number of rotatable bonds is 12. The molecular formula is C54H54N2O12S2. The Morgan fingerprint density at radius 1 is 0.386 bits per heavy atom. The van der Waals surface area contributed by atoms with E-state index in [9.17, 15) is 36.0 Å². The number of esters is 4. The van der Waals surface area contributed by atoms with Crippen LogP contribution < -0.4 is 0 Å². The Balaban J connectivity index is 1.56. The number of carbonyl (C=O) groups is 4. The van der Waals surface area contributed by atoms with Crippen molar-refractivity contribution in [1.82, 2.24) is 8.61 Å². The van der Waals surface area contributed by atoms with Crippen LogP contribution in [0.3, 0.4) is 0 Å². The van der Waals surface area contributed by atoms with Gasteiger partial charge in [-0.25, -0.2) is 36.0 Å². The fourth-order valence-electron chi connectivity index (χ4n) is 8.11. The monoisotopic (exact) mass is 986 g/mol. The first-order valence-corrected chi connectivity index (χ1v) is 25.7. The Bertz CT molecular complexity index is 2830. The molecule has 0 aliphatic carbocycles. The summed E-state index contributed by atoms with van der Waals surface area (Å²) < 4.78 is 83.9. The highest BCUT2D eigenvalue weighted by Crippen LogP contribution is 2.34. The second-order valence-corrected chi connectivity index (χ2v) is 20.6. The summed E-state index contributed by atoms with van der Waals surface area (Å²) in [6, 6.07) is 31.9. The second kappa shape index (κ2) is 21.8. The molecule has 0 saturated heterocycles. The van der Waals surface area contributed by atoms with Gasteiger partial charge in [-0.1, -0.05) is 35.4 Å². The lowest BCUT2D eigenvalue weighted by Gasteiger charge is -2.25. The van der Waals surface area contributed by atoms with Crippen molar-refractivity contribution < 1.29 is 55.0 Å². The van der Waals surface area contributed by atoms with Gasteiger partial charge in [0.1, 0.15) is 0 Å². The molecular weight excluding hydrogens is 933 g/mol. The van der Waals surface area contributed by atoms with Crippen molar-refractivity contribution in [1.29, 1.82) is 0 Å². The zero-order chi connectivity index (χ0) is 50.3. The van der Waals surface area contributed by atoms with Gasteiger partial charge in [0, 0.05) is 26.2 Å². The van der Waals surface area contributed by atoms with Gasteiger partial charge in [0.15, 0.2) is 0 Å². The molecule has 0 N–H and O–H groups in total. The van der Waals surface area contributed by atoms with Crippen LogP contribution in [-0.4, -0.2) is 75.8 Å². The van der Waals surface area contributed by atoms with Crippen molar-refractivity contribution in [3.8, 4) is 22.3 Å². The number of nitrogens with zero attached hydrogens (tertiary/aromatic N) is 2. The average molecular weight is 987 g/mol. The topological polar surface area (TPSA) is 180 Å². The van der Waals surface area contributed by atoms with E-state index in [0.29, 0.717) is 44.5 Å². The molecule has 6 aromatic carbocycles. The van der Waals surface area contributed by atoms with Crippen molar-refractivity contribution in [3.05, 3.63) is 177 Å². The minimum absolute atomic E-state index is 0.00696. The first kappa shape index (κ1) is 50.9. The highest BCUT2D eigenvalue weighted by molar-refractivity contribution is 7.89. The molecule has 0 radical (unpaired) electrons. The number of hydrogen-bond donors (Lipinski definition) is 0. The number of fused-ring (bicyclic) bond motifs is 10. The van der Waals surface area contributed by atoms with Gasteiger partial charge in [-0.3, -0.25) is 0 Å². The molecule has 16 heteroatoms. The van der Waals surface area contributed by atoms with E-state index in [0.717, 1.165) is 11.1 Å². The summed E-state index contributed by atoms with van der Waals surface area (Å²) in [5.74, 6) is -2.75. The summed E-state index contributed by atoms with van der Waals surface area (Å²) >= 11 is 0. The fraction of sp³-hybridized carbons (Fsp3) is 0.259. The van der Waals surface area contributed by atoms with E-state index in [4.69, 9.17) is 18.9 Å². The normalized spacial score (nSPS) is 13.3. The summed E-state index contributed by atoms with van der Waals surface area (Å²) in [5.41, 5.74) is 4.99. The zero-order valence-electron chi connectivity index (χ0n) is 39.8. The minimum Gasteiger partial charge on any atom is -0.462 e. The molecule has 0 unspecified atom stereocenters. The quantitative estimate of drug-likeness (QED) is 0.0839. The maximum absolute atomic E-state index is 14.9. The Hall–Kier alpha value is -6.98. The molecule has 0 aromatic heterocycles. The van der Waals surface area contributed by atoms with Crippen LogP contribution in [0.5, 0.6) is 0 Å². The van der Waals surface area contributed by atoms with E-state index in [1.54, 1.807) is 100 Å². The number of benzene rings is 6. The summed E-state index contributed by atoms with van der Waals surface area (Å²) in [6.07, 6.45) is 0. The molecule has 0 fully saturated rings. The molecule has 0 saturated carbocycles. The second-order valence-electron chi connectivity index (χ2n) is 16.7. The van der Waals surface area contributed by atoms with Gasteiger partial charge < -0.3 is 18.9 Å². The van der Waals surface area contributed by atoms with E-state index in [1.807, 2.05) is 13.8 Å². The first-order chi connectivity index (χ1) is 33.4. The van der Waals surface area contributed by atoms with Crippen LogP contribution in [0.1, 0.15) is 103 Å². The standard InChI is InChI=1S/C54H54N2O12S2/c1-7-65-51(57)45-23-37-19-41(27-45)42-20-38(24-46(28-42)52(58)66-8-2)33-56(70(63,64)50-17-13-36(6)14-18-50)34-40-22-44(30-48(26-40)54(60)68-10-4)43-21-39(25-47(29-43)53(59)67-9-3)32-55(31-37)69(61,62)49-15-11-35(5)12-16-49/h11-30H,7-10,31-34H2,1-6H3. The molecule has 8 bridgehead atoms. The lowest BCUT2D eigenvalue weighted by Crippen LogP contribution is -2.31. The number of sulfonamides is 2. The van der Waals surface area contributed by atoms with Crippen molar-refractivity contribution in [2.24, 2.45) is 0 Å². The van der Waals surface area contributed by atoms with Crippen LogP contribution in [-0.2, 0) is 65.2 Å². The van der Waals surface area contributed by atoms with Crippen molar-refractivity contribution in [3.63, 3.8) is 0 Å². The van der Waals surface area contributed by atoms with Gasteiger partial charge in [0.2, 0.25) is 20.0 Å². The molecule has 0 amide bonds. The summed E-state index contributed by atoms with van der Waals surface area (Å²) in [7, 11) is -8.68. The van der Waals surface area contributed by atoms with Crippen molar-refractivity contribution in [2.75, 3.05) is 26.4 Å². The van der Waals surface area contributed by atoms with Crippen LogP contribution in [0.4, 0.5) is 0 Å². The van der Waals surface area contributed by atoms with Crippen LogP contribution in [0, 0.1) is 13.8 Å². The van der Waals surface area contributed by atoms with Gasteiger partial charge in [0.05, 0.1) is 58.5 Å². The smallest absolute Gasteiger partial charge is 0.338 e. The van der Waals surface area contributed by atoms with E-state index in [2.05, 4.69) is 0 Å². The highest BCUT2D eigenvalue weighted by atomic mass is 32.2. The molecule has 364 valence electrons.